The number of hydrogen-bond donors (Lipinski definition) is 0. The van der Waals surface area contributed by atoms with Gasteiger partial charge in [-0.1, -0.05) is 126 Å². The number of imidazole rings is 1. The summed E-state index contributed by atoms with van der Waals surface area (Å²) in [7, 11) is 0. The first-order valence-electron chi connectivity index (χ1n) is 18.3. The van der Waals surface area contributed by atoms with E-state index in [9.17, 15) is 0 Å². The molecule has 51 heavy (non-hydrogen) atoms. The van der Waals surface area contributed by atoms with Crippen molar-refractivity contribution in [2.45, 2.75) is 64.7 Å². The lowest BCUT2D eigenvalue weighted by Crippen LogP contribution is -2.64. The summed E-state index contributed by atoms with van der Waals surface area (Å²) in [6.07, 6.45) is 0. The molecule has 0 saturated heterocycles. The second kappa shape index (κ2) is 9.30. The minimum Gasteiger partial charge on any atom is -0.457 e. The highest BCUT2D eigenvalue weighted by molar-refractivity contribution is 7.00. The standard InChI is InChI=1S/C47H39BN2O/c1-26-49-38-25-28(46(5,6)7)24-37-43(38)50(26)39-18-12-17-35-41(39)48(37)42-36(47(35)33-15-10-8-13-29(33)30-14-9-11-16-34(30)47)21-20-31-32-23-27(45(2,3)4)19-22-40(32)51-44(31)42/h8-25H,1-7H3. The minimum absolute atomic E-state index is 0.0276. The van der Waals surface area contributed by atoms with E-state index in [2.05, 4.69) is 162 Å². The average molecular weight is 659 g/mol. The quantitative estimate of drug-likeness (QED) is 0.152. The van der Waals surface area contributed by atoms with Crippen molar-refractivity contribution in [3.63, 3.8) is 0 Å². The zero-order valence-corrected chi connectivity index (χ0v) is 30.3. The fraction of sp³-hybridized carbons (Fsp3) is 0.213. The van der Waals surface area contributed by atoms with Crippen LogP contribution in [0.1, 0.15) is 80.7 Å². The summed E-state index contributed by atoms with van der Waals surface area (Å²) in [6, 6.07) is 41.6. The molecule has 0 amide bonds. The summed E-state index contributed by atoms with van der Waals surface area (Å²) in [6.45, 7) is 15.9. The Kier molecular flexibility index (Phi) is 5.36. The van der Waals surface area contributed by atoms with Gasteiger partial charge in [-0.15, -0.1) is 0 Å². The largest absolute Gasteiger partial charge is 0.457 e. The predicted octanol–water partition coefficient (Wildman–Crippen LogP) is 9.33. The van der Waals surface area contributed by atoms with Crippen LogP contribution >= 0.6 is 0 Å². The maximum absolute atomic E-state index is 7.17. The second-order valence-corrected chi connectivity index (χ2v) is 17.2. The molecule has 8 aromatic rings. The van der Waals surface area contributed by atoms with E-state index in [0.717, 1.165) is 22.5 Å². The van der Waals surface area contributed by atoms with E-state index in [1.807, 2.05) is 0 Å². The van der Waals surface area contributed by atoms with Crippen molar-refractivity contribution < 1.29 is 4.42 Å². The topological polar surface area (TPSA) is 31.0 Å². The third kappa shape index (κ3) is 3.49. The highest BCUT2D eigenvalue weighted by Crippen LogP contribution is 2.57. The molecule has 1 spiro atoms. The summed E-state index contributed by atoms with van der Waals surface area (Å²) in [4.78, 5) is 5.26. The van der Waals surface area contributed by atoms with Crippen LogP contribution in [-0.2, 0) is 16.2 Å². The number of benzene rings is 6. The van der Waals surface area contributed by atoms with Crippen LogP contribution in [0.4, 0.5) is 0 Å². The van der Waals surface area contributed by atoms with Crippen LogP contribution in [0.15, 0.2) is 114 Å². The van der Waals surface area contributed by atoms with E-state index in [0.29, 0.717) is 0 Å². The van der Waals surface area contributed by atoms with Crippen LogP contribution in [0.5, 0.6) is 0 Å². The first kappa shape index (κ1) is 29.4. The molecule has 11 rings (SSSR count). The molecule has 3 aliphatic rings. The van der Waals surface area contributed by atoms with Crippen LogP contribution in [0.25, 0.3) is 49.8 Å². The summed E-state index contributed by atoms with van der Waals surface area (Å²) >= 11 is 0. The van der Waals surface area contributed by atoms with Gasteiger partial charge in [-0.05, 0) is 103 Å². The van der Waals surface area contributed by atoms with Crippen LogP contribution < -0.4 is 16.4 Å². The highest BCUT2D eigenvalue weighted by Gasteiger charge is 2.55. The summed E-state index contributed by atoms with van der Waals surface area (Å²) in [5, 5.41) is 2.37. The third-order valence-electron chi connectivity index (χ3n) is 12.3. The molecular weight excluding hydrogens is 619 g/mol. The number of hydrogen-bond acceptors (Lipinski definition) is 2. The Morgan fingerprint density at radius 3 is 2.00 bits per heavy atom. The molecule has 4 heteroatoms. The normalized spacial score (nSPS) is 15.1. The number of aryl methyl sites for hydroxylation is 1. The first-order valence-corrected chi connectivity index (χ1v) is 18.3. The van der Waals surface area contributed by atoms with Gasteiger partial charge < -0.3 is 4.42 Å². The van der Waals surface area contributed by atoms with Gasteiger partial charge in [-0.3, -0.25) is 4.57 Å². The lowest BCUT2D eigenvalue weighted by Gasteiger charge is -2.44. The SMILES string of the molecule is Cc1nc2cc(C(C)(C)C)cc3c2n1-c1cccc2c1B3c1c(ccc3c1oc1ccc(C(C)(C)C)cc13)C21c2ccccc2-c2ccccc21. The van der Waals surface area contributed by atoms with Crippen LogP contribution in [0.2, 0.25) is 0 Å². The highest BCUT2D eigenvalue weighted by atomic mass is 16.3. The zero-order chi connectivity index (χ0) is 34.8. The van der Waals surface area contributed by atoms with E-state index in [1.54, 1.807) is 0 Å². The first-order chi connectivity index (χ1) is 24.5. The summed E-state index contributed by atoms with van der Waals surface area (Å²) in [5.41, 5.74) is 19.5. The van der Waals surface area contributed by atoms with E-state index in [-0.39, 0.29) is 17.5 Å². The van der Waals surface area contributed by atoms with Gasteiger partial charge in [-0.2, -0.15) is 0 Å². The van der Waals surface area contributed by atoms with Crippen molar-refractivity contribution in [2.24, 2.45) is 0 Å². The van der Waals surface area contributed by atoms with Gasteiger partial charge in [-0.25, -0.2) is 4.98 Å². The predicted molar refractivity (Wildman–Crippen MR) is 212 cm³/mol. The van der Waals surface area contributed by atoms with Crippen molar-refractivity contribution in [3.8, 4) is 16.8 Å². The molecule has 2 aliphatic heterocycles. The van der Waals surface area contributed by atoms with Gasteiger partial charge in [0, 0.05) is 16.5 Å². The number of rotatable bonds is 0. The Labute approximate surface area is 299 Å². The third-order valence-corrected chi connectivity index (χ3v) is 12.3. The molecular formula is C47H39BN2O. The van der Waals surface area contributed by atoms with Gasteiger partial charge in [0.1, 0.15) is 17.0 Å². The molecule has 2 aromatic heterocycles. The molecule has 0 saturated carbocycles. The maximum Gasteiger partial charge on any atom is 0.252 e. The van der Waals surface area contributed by atoms with Gasteiger partial charge >= 0.3 is 0 Å². The summed E-state index contributed by atoms with van der Waals surface area (Å²) in [5.74, 6) is 1.02. The molecule has 0 radical (unpaired) electrons. The second-order valence-electron chi connectivity index (χ2n) is 17.2. The molecule has 4 heterocycles. The zero-order valence-electron chi connectivity index (χ0n) is 30.3. The number of fused-ring (bicyclic) bond motifs is 15. The maximum atomic E-state index is 7.17. The van der Waals surface area contributed by atoms with Crippen molar-refractivity contribution in [1.29, 1.82) is 0 Å². The smallest absolute Gasteiger partial charge is 0.252 e. The molecule has 3 nitrogen and oxygen atoms in total. The van der Waals surface area contributed by atoms with Crippen molar-refractivity contribution in [2.75, 3.05) is 0 Å². The lowest BCUT2D eigenvalue weighted by molar-refractivity contribution is 0.590. The van der Waals surface area contributed by atoms with Gasteiger partial charge in [0.25, 0.3) is 6.71 Å². The monoisotopic (exact) mass is 658 g/mol. The fourth-order valence-corrected chi connectivity index (χ4v) is 10.0. The lowest BCUT2D eigenvalue weighted by atomic mass is 9.29. The van der Waals surface area contributed by atoms with E-state index in [1.165, 1.54) is 82.9 Å². The Balaban J connectivity index is 1.38. The molecule has 0 atom stereocenters. The van der Waals surface area contributed by atoms with Crippen molar-refractivity contribution >= 4 is 56.1 Å². The molecule has 1 aliphatic carbocycles. The molecule has 0 bridgehead atoms. The van der Waals surface area contributed by atoms with Gasteiger partial charge in [0.05, 0.1) is 16.4 Å². The molecule has 0 unspecified atom stereocenters. The Bertz CT molecular complexity index is 2810. The Morgan fingerprint density at radius 2 is 1.29 bits per heavy atom. The number of aromatic nitrogens is 2. The fourth-order valence-electron chi connectivity index (χ4n) is 10.0. The summed E-state index contributed by atoms with van der Waals surface area (Å²) < 4.78 is 9.61. The number of furan rings is 1. The van der Waals surface area contributed by atoms with Crippen molar-refractivity contribution in [3.05, 3.63) is 148 Å². The van der Waals surface area contributed by atoms with E-state index < -0.39 is 5.41 Å². The van der Waals surface area contributed by atoms with Crippen LogP contribution in [-0.4, -0.2) is 16.3 Å². The molecule has 6 aromatic carbocycles. The average Bonchev–Trinajstić information content (AvgIpc) is 3.75. The molecule has 246 valence electrons. The van der Waals surface area contributed by atoms with Gasteiger partial charge in [0.15, 0.2) is 0 Å². The van der Waals surface area contributed by atoms with Gasteiger partial charge in [0.2, 0.25) is 0 Å². The van der Waals surface area contributed by atoms with Crippen LogP contribution in [0.3, 0.4) is 0 Å². The van der Waals surface area contributed by atoms with Crippen LogP contribution in [0, 0.1) is 6.92 Å². The molecule has 0 N–H and O–H groups in total. The molecule has 0 fully saturated rings. The Hall–Kier alpha value is -5.35. The van der Waals surface area contributed by atoms with E-state index >= 15 is 0 Å². The van der Waals surface area contributed by atoms with E-state index in [4.69, 9.17) is 9.40 Å². The minimum atomic E-state index is -0.513. The van der Waals surface area contributed by atoms with Crippen molar-refractivity contribution in [1.82, 2.24) is 9.55 Å². The Morgan fingerprint density at radius 1 is 0.627 bits per heavy atom. The number of nitrogens with zero attached hydrogens (tertiary/aromatic N) is 2.